The molecule has 0 amide bonds. The van der Waals surface area contributed by atoms with Crippen molar-refractivity contribution in [3.05, 3.63) is 34.9 Å². The number of nitrogen functional groups attached to an aromatic ring is 2. The van der Waals surface area contributed by atoms with Gasteiger partial charge >= 0.3 is 8.25 Å². The SMILES string of the molecule is Nc1nc2c(ncn2[C@@H]2OC3CPC[C@H]4C[C@H](c5cnc6c(N)ncnn56)O[C@@H]4CO[P+](=O)O[C@@H]2C3)c(=O)[nH]1. The highest BCUT2D eigenvalue weighted by Crippen LogP contribution is 2.45. The molecule has 0 radical (unpaired) electrons. The Balaban J connectivity index is 1.10. The van der Waals surface area contributed by atoms with Crippen LogP contribution < -0.4 is 17.0 Å². The number of imidazole rings is 2. The summed E-state index contributed by atoms with van der Waals surface area (Å²) >= 11 is 0. The van der Waals surface area contributed by atoms with Crippen LogP contribution in [0.25, 0.3) is 16.8 Å². The van der Waals surface area contributed by atoms with Gasteiger partial charge in [0.25, 0.3) is 5.56 Å². The van der Waals surface area contributed by atoms with Crippen molar-refractivity contribution in [2.45, 2.75) is 43.5 Å². The molecular formula is C21H25N10O6P2+. The highest BCUT2D eigenvalue weighted by atomic mass is 31.1. The molecule has 0 spiro atoms. The molecule has 0 aromatic carbocycles. The zero-order valence-corrected chi connectivity index (χ0v) is 22.3. The predicted molar refractivity (Wildman–Crippen MR) is 138 cm³/mol. The van der Waals surface area contributed by atoms with Crippen LogP contribution in [0.4, 0.5) is 11.8 Å². The van der Waals surface area contributed by atoms with Gasteiger partial charge in [-0.3, -0.25) is 14.3 Å². The maximum absolute atomic E-state index is 12.9. The van der Waals surface area contributed by atoms with Gasteiger partial charge in [0, 0.05) is 11.0 Å². The highest BCUT2D eigenvalue weighted by molar-refractivity contribution is 7.38. The van der Waals surface area contributed by atoms with Crippen LogP contribution in [0.3, 0.4) is 0 Å². The van der Waals surface area contributed by atoms with Crippen molar-refractivity contribution in [2.24, 2.45) is 5.92 Å². The molecule has 7 rings (SSSR count). The molecular weight excluding hydrogens is 550 g/mol. The molecule has 0 saturated carbocycles. The molecule has 3 unspecified atom stereocenters. The van der Waals surface area contributed by atoms with Crippen molar-refractivity contribution in [3.8, 4) is 0 Å². The number of anilines is 2. The molecule has 4 aromatic rings. The Morgan fingerprint density at radius 2 is 2.00 bits per heavy atom. The Kier molecular flexibility index (Phi) is 6.26. The average Bonchev–Trinajstić information content (AvgIpc) is 3.67. The maximum Gasteiger partial charge on any atom is 0.697 e. The number of ether oxygens (including phenoxy) is 2. The first-order chi connectivity index (χ1) is 18.9. The Hall–Kier alpha value is -3.13. The lowest BCUT2D eigenvalue weighted by atomic mass is 10.0. The molecule has 5 N–H and O–H groups in total. The summed E-state index contributed by atoms with van der Waals surface area (Å²) in [5, 5.41) is 4.28. The molecule has 8 atom stereocenters. The van der Waals surface area contributed by atoms with Crippen molar-refractivity contribution < 1.29 is 23.1 Å². The molecule has 18 heteroatoms. The lowest BCUT2D eigenvalue weighted by Crippen LogP contribution is -2.24. The van der Waals surface area contributed by atoms with Gasteiger partial charge in [0.15, 0.2) is 35.0 Å². The summed E-state index contributed by atoms with van der Waals surface area (Å²) in [4.78, 5) is 31.4. The van der Waals surface area contributed by atoms with Gasteiger partial charge in [0.05, 0.1) is 30.4 Å². The van der Waals surface area contributed by atoms with E-state index in [4.69, 9.17) is 30.0 Å². The second-order valence-corrected chi connectivity index (χ2v) is 11.9. The maximum atomic E-state index is 12.9. The summed E-state index contributed by atoms with van der Waals surface area (Å²) in [6.07, 6.45) is 5.51. The molecule has 3 aliphatic rings. The van der Waals surface area contributed by atoms with Crippen molar-refractivity contribution in [3.63, 3.8) is 0 Å². The van der Waals surface area contributed by atoms with Gasteiger partial charge in [-0.2, -0.15) is 10.1 Å². The summed E-state index contributed by atoms with van der Waals surface area (Å²) in [5.74, 6) is 0.431. The van der Waals surface area contributed by atoms with Crippen LogP contribution in [0.1, 0.15) is 30.9 Å². The largest absolute Gasteiger partial charge is 0.697 e. The van der Waals surface area contributed by atoms with Crippen molar-refractivity contribution in [1.82, 2.24) is 39.1 Å². The third-order valence-electron chi connectivity index (χ3n) is 7.28. The second kappa shape index (κ2) is 9.81. The molecule has 3 fully saturated rings. The molecule has 0 aliphatic carbocycles. The molecule has 204 valence electrons. The first-order valence-electron chi connectivity index (χ1n) is 12.4. The van der Waals surface area contributed by atoms with E-state index in [9.17, 15) is 9.36 Å². The summed E-state index contributed by atoms with van der Waals surface area (Å²) in [6.45, 7) is 0.109. The number of nitrogens with two attached hydrogens (primary N) is 2. The molecule has 3 saturated heterocycles. The highest BCUT2D eigenvalue weighted by Gasteiger charge is 2.46. The lowest BCUT2D eigenvalue weighted by molar-refractivity contribution is -0.0268. The smallest absolute Gasteiger partial charge is 0.381 e. The van der Waals surface area contributed by atoms with Crippen LogP contribution in [0, 0.1) is 5.92 Å². The van der Waals surface area contributed by atoms with Gasteiger partial charge in [0.1, 0.15) is 19.0 Å². The van der Waals surface area contributed by atoms with E-state index < -0.39 is 26.1 Å². The van der Waals surface area contributed by atoms with Crippen molar-refractivity contribution >= 4 is 45.4 Å². The van der Waals surface area contributed by atoms with E-state index in [-0.39, 0.29) is 47.9 Å². The van der Waals surface area contributed by atoms with E-state index in [2.05, 4.69) is 30.0 Å². The Morgan fingerprint density at radius 1 is 1.10 bits per heavy atom. The zero-order valence-electron chi connectivity index (χ0n) is 20.4. The van der Waals surface area contributed by atoms with Crippen LogP contribution in [-0.2, 0) is 23.1 Å². The Bertz CT molecular complexity index is 1630. The molecule has 4 aromatic heterocycles. The normalized spacial score (nSPS) is 31.4. The quantitative estimate of drug-likeness (QED) is 0.284. The molecule has 16 nitrogen and oxygen atoms in total. The first kappa shape index (κ1) is 24.9. The Morgan fingerprint density at radius 3 is 2.90 bits per heavy atom. The van der Waals surface area contributed by atoms with E-state index in [1.165, 1.54) is 12.7 Å². The minimum absolute atomic E-state index is 0.0345. The molecule has 7 heterocycles. The number of aromatic amines is 1. The number of fused-ring (bicyclic) bond motifs is 5. The molecule has 3 aliphatic heterocycles. The summed E-state index contributed by atoms with van der Waals surface area (Å²) in [7, 11) is -1.89. The number of nitrogens with zero attached hydrogens (tertiary/aromatic N) is 7. The third-order valence-corrected chi connectivity index (χ3v) is 9.64. The van der Waals surface area contributed by atoms with E-state index in [0.717, 1.165) is 24.4 Å². The summed E-state index contributed by atoms with van der Waals surface area (Å²) in [5.41, 5.74) is 12.9. The van der Waals surface area contributed by atoms with Crippen LogP contribution in [-0.4, -0.2) is 76.3 Å². The Labute approximate surface area is 222 Å². The van der Waals surface area contributed by atoms with Crippen LogP contribution in [0.15, 0.2) is 23.6 Å². The standard InChI is InChI=1S/C21H24N10O6P2/c22-16-18-24-3-11(31(18)27-7-25-16)12-1-9-5-38-6-10-2-13(37-39(33)34-4-14(9)36-12)20(35-10)30-8-26-15-17(30)28-21(23)29-19(15)32/h3,7-10,12-14,20,38H,1-2,4-6H2,(H4-,22,23,25,27,28,29,32)/p+1/t9-,10?,12-,13-,14-,20-/m1/s1. The van der Waals surface area contributed by atoms with Gasteiger partial charge < -0.3 is 20.9 Å². The van der Waals surface area contributed by atoms with E-state index in [1.807, 2.05) is 0 Å². The minimum Gasteiger partial charge on any atom is -0.381 e. The fourth-order valence-electron chi connectivity index (χ4n) is 5.48. The topological polar surface area (TPSA) is 213 Å². The van der Waals surface area contributed by atoms with Gasteiger partial charge in [-0.25, -0.2) is 19.5 Å². The van der Waals surface area contributed by atoms with Crippen molar-refractivity contribution in [1.29, 1.82) is 0 Å². The van der Waals surface area contributed by atoms with E-state index in [0.29, 0.717) is 26.5 Å². The number of aromatic nitrogens is 8. The van der Waals surface area contributed by atoms with E-state index >= 15 is 0 Å². The van der Waals surface area contributed by atoms with Crippen LogP contribution >= 0.6 is 16.8 Å². The number of rotatable bonds is 2. The van der Waals surface area contributed by atoms with Crippen LogP contribution in [0.2, 0.25) is 0 Å². The second-order valence-electron chi connectivity index (χ2n) is 9.70. The molecule has 2 bridgehead atoms. The van der Waals surface area contributed by atoms with Gasteiger partial charge in [-0.1, -0.05) is 0 Å². The monoisotopic (exact) mass is 575 g/mol. The van der Waals surface area contributed by atoms with E-state index in [1.54, 1.807) is 15.3 Å². The number of hydrogen-bond acceptors (Lipinski definition) is 13. The number of nitrogens with one attached hydrogen (secondary N) is 1. The average molecular weight is 575 g/mol. The summed E-state index contributed by atoms with van der Waals surface area (Å²) in [6, 6.07) is 0. The number of hydrogen-bond donors (Lipinski definition) is 3. The minimum atomic E-state index is -2.49. The van der Waals surface area contributed by atoms with Crippen LogP contribution in [0.5, 0.6) is 0 Å². The fourth-order valence-corrected chi connectivity index (χ4v) is 7.77. The molecule has 39 heavy (non-hydrogen) atoms. The first-order valence-corrected chi connectivity index (χ1v) is 14.9. The number of H-pyrrole nitrogens is 1. The fraction of sp³-hybridized carbons (Fsp3) is 0.524. The van der Waals surface area contributed by atoms with Gasteiger partial charge in [-0.05, 0) is 24.7 Å². The van der Waals surface area contributed by atoms with Gasteiger partial charge in [-0.15, -0.1) is 17.6 Å². The van der Waals surface area contributed by atoms with Gasteiger partial charge in [0.2, 0.25) is 5.95 Å². The van der Waals surface area contributed by atoms with Crippen molar-refractivity contribution in [2.75, 3.05) is 30.4 Å². The third kappa shape index (κ3) is 4.46. The predicted octanol–water partition coefficient (Wildman–Crippen LogP) is 0.907. The lowest BCUT2D eigenvalue weighted by Gasteiger charge is -2.17. The zero-order chi connectivity index (χ0) is 26.7. The summed E-state index contributed by atoms with van der Waals surface area (Å²) < 4.78 is 40.4.